The van der Waals surface area contributed by atoms with Gasteiger partial charge in [0.25, 0.3) is 0 Å². The van der Waals surface area contributed by atoms with Gasteiger partial charge >= 0.3 is 12.0 Å². The quantitative estimate of drug-likeness (QED) is 0.857. The number of hydrogen-bond donors (Lipinski definition) is 2. The fraction of sp³-hybridized carbons (Fsp3) is 0.529. The predicted molar refractivity (Wildman–Crippen MR) is 95.4 cm³/mol. The van der Waals surface area contributed by atoms with E-state index in [0.717, 1.165) is 18.8 Å². The zero-order valence-electron chi connectivity index (χ0n) is 13.9. The highest BCUT2D eigenvalue weighted by molar-refractivity contribution is 6.31. The smallest absolute Gasteiger partial charge is 0.321 e. The molecule has 0 saturated carbocycles. The zero-order valence-corrected chi connectivity index (χ0v) is 14.7. The summed E-state index contributed by atoms with van der Waals surface area (Å²) in [7, 11) is 0. The fourth-order valence-electron chi connectivity index (χ4n) is 3.25. The van der Waals surface area contributed by atoms with Crippen molar-refractivity contribution in [2.24, 2.45) is 5.92 Å². The third-order valence-electron chi connectivity index (χ3n) is 4.61. The lowest BCUT2D eigenvalue weighted by molar-refractivity contribution is -0.143. The fourth-order valence-corrected chi connectivity index (χ4v) is 3.42. The molecule has 0 bridgehead atoms. The Bertz CT molecular complexity index is 649. The molecule has 2 N–H and O–H groups in total. The van der Waals surface area contributed by atoms with Gasteiger partial charge in [-0.15, -0.1) is 0 Å². The topological polar surface area (TPSA) is 82.1 Å². The van der Waals surface area contributed by atoms with E-state index in [1.54, 1.807) is 17.0 Å². The van der Waals surface area contributed by atoms with Gasteiger partial charge in [-0.2, -0.15) is 0 Å². The van der Waals surface area contributed by atoms with Crippen molar-refractivity contribution in [3.05, 3.63) is 23.2 Å². The molecule has 8 heteroatoms. The number of likely N-dealkylation sites (tertiary alicyclic amines) is 1. The highest BCUT2D eigenvalue weighted by Crippen LogP contribution is 2.30. The molecule has 7 nitrogen and oxygen atoms in total. The Hall–Kier alpha value is -1.99. The second kappa shape index (κ2) is 7.93. The lowest BCUT2D eigenvalue weighted by Gasteiger charge is -2.33. The van der Waals surface area contributed by atoms with Crippen LogP contribution in [-0.4, -0.2) is 61.4 Å². The van der Waals surface area contributed by atoms with E-state index >= 15 is 0 Å². The molecule has 2 fully saturated rings. The summed E-state index contributed by atoms with van der Waals surface area (Å²) in [4.78, 5) is 27.5. The Balaban J connectivity index is 1.74. The van der Waals surface area contributed by atoms with Crippen molar-refractivity contribution in [3.63, 3.8) is 0 Å². The average molecular weight is 368 g/mol. The molecule has 2 saturated heterocycles. The lowest BCUT2D eigenvalue weighted by atomic mass is 9.99. The van der Waals surface area contributed by atoms with Crippen LogP contribution >= 0.6 is 11.6 Å². The molecule has 0 spiro atoms. The summed E-state index contributed by atoms with van der Waals surface area (Å²) in [6, 6.07) is 5.12. The van der Waals surface area contributed by atoms with E-state index < -0.39 is 11.9 Å². The molecule has 2 aliphatic heterocycles. The van der Waals surface area contributed by atoms with Crippen molar-refractivity contribution in [1.82, 2.24) is 4.90 Å². The van der Waals surface area contributed by atoms with Crippen LogP contribution in [0.3, 0.4) is 0 Å². The number of carboxylic acids is 1. The molecule has 1 unspecified atom stereocenters. The molecular formula is C17H22ClN3O4. The Morgan fingerprint density at radius 2 is 2.00 bits per heavy atom. The summed E-state index contributed by atoms with van der Waals surface area (Å²) in [6.07, 6.45) is 1.30. The minimum Gasteiger partial charge on any atom is -0.481 e. The van der Waals surface area contributed by atoms with Gasteiger partial charge in [0.2, 0.25) is 0 Å². The highest BCUT2D eigenvalue weighted by atomic mass is 35.5. The maximum Gasteiger partial charge on any atom is 0.321 e. The van der Waals surface area contributed by atoms with Crippen LogP contribution in [0.25, 0.3) is 0 Å². The monoisotopic (exact) mass is 367 g/mol. The number of urea groups is 1. The first-order chi connectivity index (χ1) is 12.0. The van der Waals surface area contributed by atoms with Crippen LogP contribution < -0.4 is 10.2 Å². The number of halogens is 1. The van der Waals surface area contributed by atoms with Crippen LogP contribution in [0.4, 0.5) is 16.2 Å². The summed E-state index contributed by atoms with van der Waals surface area (Å²) < 4.78 is 5.38. The van der Waals surface area contributed by atoms with Gasteiger partial charge in [-0.1, -0.05) is 11.6 Å². The summed E-state index contributed by atoms with van der Waals surface area (Å²) in [5.74, 6) is -1.35. The number of carbonyl (C=O) groups is 2. The Labute approximate surface area is 151 Å². The van der Waals surface area contributed by atoms with Crippen LogP contribution in [0.1, 0.15) is 12.8 Å². The first-order valence-corrected chi connectivity index (χ1v) is 8.83. The van der Waals surface area contributed by atoms with Gasteiger partial charge in [0, 0.05) is 31.2 Å². The summed E-state index contributed by atoms with van der Waals surface area (Å²) >= 11 is 6.10. The number of piperidine rings is 1. The van der Waals surface area contributed by atoms with E-state index in [1.165, 1.54) is 0 Å². The standard InChI is InChI=1S/C17H22ClN3O4/c18-13-3-4-15(20-6-8-25-9-7-20)14(10-13)19-17(24)21-5-1-2-12(11-21)16(22)23/h3-4,10,12H,1-2,5-9,11H2,(H,19,24)(H,22,23). The maximum atomic E-state index is 12.6. The number of anilines is 2. The second-order valence-corrected chi connectivity index (χ2v) is 6.75. The number of hydrogen-bond acceptors (Lipinski definition) is 4. The molecule has 0 aromatic heterocycles. The Morgan fingerprint density at radius 1 is 1.24 bits per heavy atom. The number of amides is 2. The number of carbonyl (C=O) groups excluding carboxylic acids is 1. The summed E-state index contributed by atoms with van der Waals surface area (Å²) in [6.45, 7) is 3.56. The molecule has 0 radical (unpaired) electrons. The minimum absolute atomic E-state index is 0.231. The summed E-state index contributed by atoms with van der Waals surface area (Å²) in [5.41, 5.74) is 1.53. The van der Waals surface area contributed by atoms with Gasteiger partial charge in [0.15, 0.2) is 0 Å². The van der Waals surface area contributed by atoms with Gasteiger partial charge in [-0.05, 0) is 31.0 Å². The molecule has 2 heterocycles. The van der Waals surface area contributed by atoms with Gasteiger partial charge in [0.05, 0.1) is 30.5 Å². The normalized spacial score (nSPS) is 21.1. The van der Waals surface area contributed by atoms with E-state index in [9.17, 15) is 14.7 Å². The van der Waals surface area contributed by atoms with Crippen LogP contribution in [0.15, 0.2) is 18.2 Å². The van der Waals surface area contributed by atoms with Crippen molar-refractivity contribution in [2.45, 2.75) is 12.8 Å². The van der Waals surface area contributed by atoms with E-state index in [0.29, 0.717) is 43.3 Å². The molecule has 1 atom stereocenters. The third kappa shape index (κ3) is 4.35. The van der Waals surface area contributed by atoms with E-state index in [1.807, 2.05) is 6.07 Å². The predicted octanol–water partition coefficient (Wildman–Crippen LogP) is 2.51. The van der Waals surface area contributed by atoms with Gasteiger partial charge in [-0.3, -0.25) is 4.79 Å². The number of ether oxygens (including phenoxy) is 1. The molecule has 25 heavy (non-hydrogen) atoms. The largest absolute Gasteiger partial charge is 0.481 e. The van der Waals surface area contributed by atoms with Crippen molar-refractivity contribution >= 4 is 35.0 Å². The molecule has 1 aromatic carbocycles. The lowest BCUT2D eigenvalue weighted by Crippen LogP contribution is -2.44. The van der Waals surface area contributed by atoms with Crippen LogP contribution in [-0.2, 0) is 9.53 Å². The van der Waals surface area contributed by atoms with Crippen molar-refractivity contribution < 1.29 is 19.4 Å². The second-order valence-electron chi connectivity index (χ2n) is 6.31. The van der Waals surface area contributed by atoms with Crippen LogP contribution in [0.2, 0.25) is 5.02 Å². The first-order valence-electron chi connectivity index (χ1n) is 8.45. The molecule has 1 aromatic rings. The Kier molecular flexibility index (Phi) is 5.65. The van der Waals surface area contributed by atoms with Gasteiger partial charge in [0.1, 0.15) is 0 Å². The van der Waals surface area contributed by atoms with Crippen LogP contribution in [0, 0.1) is 5.92 Å². The van der Waals surface area contributed by atoms with E-state index in [-0.39, 0.29) is 12.6 Å². The number of carboxylic acid groups (broad SMARTS) is 1. The van der Waals surface area contributed by atoms with Crippen molar-refractivity contribution in [1.29, 1.82) is 0 Å². The Morgan fingerprint density at radius 3 is 2.72 bits per heavy atom. The molecule has 3 rings (SSSR count). The van der Waals surface area contributed by atoms with Crippen molar-refractivity contribution in [3.8, 4) is 0 Å². The SMILES string of the molecule is O=C(O)C1CCCN(C(=O)Nc2cc(Cl)ccc2N2CCOCC2)C1. The zero-order chi connectivity index (χ0) is 17.8. The first kappa shape index (κ1) is 17.8. The molecule has 2 amide bonds. The van der Waals surface area contributed by atoms with E-state index in [2.05, 4.69) is 10.2 Å². The number of morpholine rings is 1. The number of nitrogens with one attached hydrogen (secondary N) is 1. The van der Waals surface area contributed by atoms with Crippen molar-refractivity contribution in [2.75, 3.05) is 49.6 Å². The highest BCUT2D eigenvalue weighted by Gasteiger charge is 2.28. The third-order valence-corrected chi connectivity index (χ3v) is 4.84. The van der Waals surface area contributed by atoms with Crippen LogP contribution in [0.5, 0.6) is 0 Å². The number of aliphatic carboxylic acids is 1. The minimum atomic E-state index is -0.853. The van der Waals surface area contributed by atoms with Gasteiger partial charge < -0.3 is 25.0 Å². The molecular weight excluding hydrogens is 346 g/mol. The molecule has 136 valence electrons. The maximum absolute atomic E-state index is 12.6. The average Bonchev–Trinajstić information content (AvgIpc) is 2.62. The number of benzene rings is 1. The molecule has 2 aliphatic rings. The van der Waals surface area contributed by atoms with E-state index in [4.69, 9.17) is 16.3 Å². The molecule has 0 aliphatic carbocycles. The number of rotatable bonds is 3. The summed E-state index contributed by atoms with van der Waals surface area (Å²) in [5, 5.41) is 12.6. The van der Waals surface area contributed by atoms with Gasteiger partial charge in [-0.25, -0.2) is 4.79 Å². The number of nitrogens with zero attached hydrogens (tertiary/aromatic N) is 2.